The molecule has 0 aromatic heterocycles. The van der Waals surface area contributed by atoms with E-state index in [9.17, 15) is 9.59 Å². The van der Waals surface area contributed by atoms with Crippen LogP contribution in [0.3, 0.4) is 0 Å². The quantitative estimate of drug-likeness (QED) is 0.743. The van der Waals surface area contributed by atoms with Crippen LogP contribution in [0, 0.1) is 0 Å². The third kappa shape index (κ3) is 3.04. The van der Waals surface area contributed by atoms with Gasteiger partial charge in [0.2, 0.25) is 0 Å². The van der Waals surface area contributed by atoms with E-state index in [1.54, 1.807) is 30.3 Å². The molecular weight excluding hydrogens is 264 g/mol. The molecule has 0 saturated carbocycles. The van der Waals surface area contributed by atoms with Gasteiger partial charge in [-0.25, -0.2) is 4.79 Å². The van der Waals surface area contributed by atoms with Gasteiger partial charge in [-0.2, -0.15) is 0 Å². The monoisotopic (exact) mass is 280 g/mol. The van der Waals surface area contributed by atoms with Crippen molar-refractivity contribution < 1.29 is 28.5 Å². The Hall–Kier alpha value is -1.76. The molecule has 2 rings (SSSR count). The molecule has 1 heterocycles. The summed E-state index contributed by atoms with van der Waals surface area (Å²) in [4.78, 5) is 23.7. The first kappa shape index (κ1) is 14.6. The predicted octanol–water partition coefficient (Wildman–Crippen LogP) is 0.799. The van der Waals surface area contributed by atoms with Crippen molar-refractivity contribution >= 4 is 11.8 Å². The maximum Gasteiger partial charge on any atom is 0.338 e. The molecule has 0 aliphatic carbocycles. The molecular formula is C14H16O6. The van der Waals surface area contributed by atoms with E-state index in [1.165, 1.54) is 14.2 Å². The minimum Gasteiger partial charge on any atom is -0.459 e. The zero-order chi connectivity index (χ0) is 14.5. The summed E-state index contributed by atoms with van der Waals surface area (Å²) in [5.74, 6) is -0.794. The van der Waals surface area contributed by atoms with Crippen molar-refractivity contribution in [1.29, 1.82) is 0 Å². The molecule has 0 N–H and O–H groups in total. The van der Waals surface area contributed by atoms with Crippen molar-refractivity contribution in [3.05, 3.63) is 35.9 Å². The molecule has 1 aromatic carbocycles. The summed E-state index contributed by atoms with van der Waals surface area (Å²) >= 11 is 0. The largest absolute Gasteiger partial charge is 0.459 e. The van der Waals surface area contributed by atoms with Gasteiger partial charge in [-0.05, 0) is 12.1 Å². The van der Waals surface area contributed by atoms with E-state index in [-0.39, 0.29) is 12.4 Å². The molecule has 0 amide bonds. The fourth-order valence-electron chi connectivity index (χ4n) is 1.95. The average molecular weight is 280 g/mol. The average Bonchev–Trinajstić information content (AvgIpc) is 2.81. The topological polar surface area (TPSA) is 71.1 Å². The van der Waals surface area contributed by atoms with E-state index in [2.05, 4.69) is 0 Å². The Balaban J connectivity index is 1.92. The molecule has 3 atom stereocenters. The molecule has 6 nitrogen and oxygen atoms in total. The van der Waals surface area contributed by atoms with E-state index < -0.39 is 24.5 Å². The molecule has 1 aliphatic rings. The smallest absolute Gasteiger partial charge is 0.338 e. The minimum absolute atomic E-state index is 0.160. The highest BCUT2D eigenvalue weighted by Crippen LogP contribution is 2.20. The second-order valence-electron chi connectivity index (χ2n) is 4.25. The van der Waals surface area contributed by atoms with Gasteiger partial charge < -0.3 is 18.9 Å². The molecule has 20 heavy (non-hydrogen) atoms. The molecule has 1 fully saturated rings. The van der Waals surface area contributed by atoms with Gasteiger partial charge in [0.25, 0.3) is 0 Å². The first-order valence-corrected chi connectivity index (χ1v) is 6.14. The first-order valence-electron chi connectivity index (χ1n) is 6.14. The van der Waals surface area contributed by atoms with Gasteiger partial charge in [0.05, 0.1) is 5.56 Å². The van der Waals surface area contributed by atoms with Crippen LogP contribution in [-0.4, -0.2) is 51.1 Å². The Morgan fingerprint density at radius 1 is 1.20 bits per heavy atom. The van der Waals surface area contributed by atoms with Crippen molar-refractivity contribution in [2.24, 2.45) is 0 Å². The SMILES string of the molecule is CO[C@H]1O[C@H](COC(=O)c2ccccc2)C(=O)[C@@H]1OC. The van der Waals surface area contributed by atoms with Crippen LogP contribution < -0.4 is 0 Å². The number of methoxy groups -OCH3 is 2. The number of carbonyl (C=O) groups excluding carboxylic acids is 2. The number of esters is 1. The summed E-state index contributed by atoms with van der Waals surface area (Å²) in [5, 5.41) is 0. The molecule has 0 bridgehead atoms. The molecule has 0 unspecified atom stereocenters. The van der Waals surface area contributed by atoms with Crippen molar-refractivity contribution in [1.82, 2.24) is 0 Å². The molecule has 0 radical (unpaired) electrons. The highest BCUT2D eigenvalue weighted by molar-refractivity contribution is 5.91. The van der Waals surface area contributed by atoms with E-state index in [0.29, 0.717) is 5.56 Å². The standard InChI is InChI=1S/C14H16O6/c1-17-12-11(15)10(20-14(12)18-2)8-19-13(16)9-6-4-3-5-7-9/h3-7,10,12,14H,8H2,1-2H3/t10-,12+,14+/m1/s1. The maximum atomic E-state index is 11.9. The molecule has 1 aliphatic heterocycles. The van der Waals surface area contributed by atoms with Gasteiger partial charge in [0.1, 0.15) is 6.61 Å². The predicted molar refractivity (Wildman–Crippen MR) is 68.2 cm³/mol. The van der Waals surface area contributed by atoms with Crippen LogP contribution in [0.4, 0.5) is 0 Å². The number of hydrogen-bond acceptors (Lipinski definition) is 6. The molecule has 1 aromatic rings. The third-order valence-corrected chi connectivity index (χ3v) is 3.00. The second kappa shape index (κ2) is 6.60. The van der Waals surface area contributed by atoms with E-state index >= 15 is 0 Å². The van der Waals surface area contributed by atoms with E-state index in [0.717, 1.165) is 0 Å². The Morgan fingerprint density at radius 3 is 2.45 bits per heavy atom. The van der Waals surface area contributed by atoms with Crippen molar-refractivity contribution in [2.75, 3.05) is 20.8 Å². The lowest BCUT2D eigenvalue weighted by Gasteiger charge is -2.13. The normalized spacial score (nSPS) is 25.7. The van der Waals surface area contributed by atoms with Gasteiger partial charge in [0, 0.05) is 14.2 Å². The zero-order valence-corrected chi connectivity index (χ0v) is 11.3. The fraction of sp³-hybridized carbons (Fsp3) is 0.429. The minimum atomic E-state index is -0.863. The molecule has 6 heteroatoms. The number of rotatable bonds is 5. The number of Topliss-reactive ketones (excluding diaryl/α,β-unsaturated/α-hetero) is 1. The van der Waals surface area contributed by atoms with Gasteiger partial charge in [-0.3, -0.25) is 4.79 Å². The third-order valence-electron chi connectivity index (χ3n) is 3.00. The van der Waals surface area contributed by atoms with Gasteiger partial charge in [0.15, 0.2) is 24.3 Å². The molecule has 108 valence electrons. The molecule has 1 saturated heterocycles. The van der Waals surface area contributed by atoms with E-state index in [4.69, 9.17) is 18.9 Å². The van der Waals surface area contributed by atoms with Crippen LogP contribution in [0.15, 0.2) is 30.3 Å². The summed E-state index contributed by atoms with van der Waals surface area (Å²) < 4.78 is 20.4. The van der Waals surface area contributed by atoms with Gasteiger partial charge in [-0.1, -0.05) is 18.2 Å². The van der Waals surface area contributed by atoms with Crippen molar-refractivity contribution in [3.63, 3.8) is 0 Å². The lowest BCUT2D eigenvalue weighted by Crippen LogP contribution is -2.32. The highest BCUT2D eigenvalue weighted by Gasteiger charge is 2.44. The number of benzene rings is 1. The van der Waals surface area contributed by atoms with Crippen LogP contribution >= 0.6 is 0 Å². The van der Waals surface area contributed by atoms with Crippen molar-refractivity contribution in [2.45, 2.75) is 18.5 Å². The van der Waals surface area contributed by atoms with Crippen LogP contribution in [0.25, 0.3) is 0 Å². The first-order chi connectivity index (χ1) is 9.67. The van der Waals surface area contributed by atoms with Crippen LogP contribution in [0.2, 0.25) is 0 Å². The number of ether oxygens (including phenoxy) is 4. The summed E-state index contributed by atoms with van der Waals surface area (Å²) in [5.41, 5.74) is 0.421. The van der Waals surface area contributed by atoms with Crippen LogP contribution in [0.1, 0.15) is 10.4 Å². The maximum absolute atomic E-state index is 11.9. The van der Waals surface area contributed by atoms with Crippen molar-refractivity contribution in [3.8, 4) is 0 Å². The lowest BCUT2D eigenvalue weighted by atomic mass is 10.2. The Bertz CT molecular complexity index is 472. The van der Waals surface area contributed by atoms with Gasteiger partial charge >= 0.3 is 5.97 Å². The zero-order valence-electron chi connectivity index (χ0n) is 11.3. The Labute approximate surface area is 116 Å². The summed E-state index contributed by atoms with van der Waals surface area (Å²) in [7, 11) is 2.82. The molecule has 0 spiro atoms. The van der Waals surface area contributed by atoms with E-state index in [1.807, 2.05) is 0 Å². The lowest BCUT2D eigenvalue weighted by molar-refractivity contribution is -0.159. The summed E-state index contributed by atoms with van der Waals surface area (Å²) in [6.07, 6.45) is -2.43. The van der Waals surface area contributed by atoms with Gasteiger partial charge in [-0.15, -0.1) is 0 Å². The van der Waals surface area contributed by atoms with Crippen LogP contribution in [0.5, 0.6) is 0 Å². The number of ketones is 1. The number of hydrogen-bond donors (Lipinski definition) is 0. The summed E-state index contributed by atoms with van der Waals surface area (Å²) in [6, 6.07) is 8.53. The Kier molecular flexibility index (Phi) is 4.84. The summed E-state index contributed by atoms with van der Waals surface area (Å²) in [6.45, 7) is -0.160. The fourth-order valence-corrected chi connectivity index (χ4v) is 1.95. The Morgan fingerprint density at radius 2 is 1.90 bits per heavy atom. The number of carbonyl (C=O) groups is 2. The highest BCUT2D eigenvalue weighted by atomic mass is 16.7. The second-order valence-corrected chi connectivity index (χ2v) is 4.25. The van der Waals surface area contributed by atoms with Crippen LogP contribution in [-0.2, 0) is 23.7 Å².